The molecule has 0 aliphatic rings. The monoisotopic (exact) mass is 329 g/mol. The minimum absolute atomic E-state index is 0.699. The van der Waals surface area contributed by atoms with Gasteiger partial charge in [0.2, 0.25) is 0 Å². The fourth-order valence-corrected chi connectivity index (χ4v) is 2.31. The molecule has 0 spiro atoms. The summed E-state index contributed by atoms with van der Waals surface area (Å²) in [4.78, 5) is 0. The van der Waals surface area contributed by atoms with E-state index in [9.17, 15) is 0 Å². The number of rotatable bonds is 2. The van der Waals surface area contributed by atoms with Gasteiger partial charge in [0, 0.05) is 15.7 Å². The van der Waals surface area contributed by atoms with Gasteiger partial charge in [0.1, 0.15) is 0 Å². The van der Waals surface area contributed by atoms with Crippen LogP contribution in [0.1, 0.15) is 5.56 Å². The third kappa shape index (κ3) is 2.30. The zero-order valence-electron chi connectivity index (χ0n) is 10.8. The van der Waals surface area contributed by atoms with Crippen LogP contribution in [0.2, 0.25) is 0 Å². The molecule has 0 saturated heterocycles. The summed E-state index contributed by atoms with van der Waals surface area (Å²) >= 11 is 3.42. The highest BCUT2D eigenvalue weighted by atomic mass is 79.9. The number of hydrogen-bond acceptors (Lipinski definition) is 4. The number of nitrogen functional groups attached to an aromatic ring is 1. The SMILES string of the molecule is Cc1cc(N)ccc1-c1nnnn1-c1ccc(Br)cc1. The van der Waals surface area contributed by atoms with E-state index < -0.39 is 0 Å². The highest BCUT2D eigenvalue weighted by Gasteiger charge is 2.12. The zero-order chi connectivity index (χ0) is 14.1. The van der Waals surface area contributed by atoms with Crippen LogP contribution in [0.25, 0.3) is 17.1 Å². The molecular formula is C14H12BrN5. The molecule has 0 aliphatic heterocycles. The molecule has 5 nitrogen and oxygen atoms in total. The maximum Gasteiger partial charge on any atom is 0.187 e. The molecule has 0 atom stereocenters. The number of tetrazole rings is 1. The predicted octanol–water partition coefficient (Wildman–Crippen LogP) is 2.98. The number of nitrogens with two attached hydrogens (primary N) is 1. The molecule has 0 fully saturated rings. The maximum absolute atomic E-state index is 5.78. The van der Waals surface area contributed by atoms with Crippen molar-refractivity contribution < 1.29 is 0 Å². The standard InChI is InChI=1S/C14H12BrN5/c1-9-8-11(16)4-7-13(9)14-17-18-19-20(14)12-5-2-10(15)3-6-12/h2-8H,16H2,1H3. The van der Waals surface area contributed by atoms with Gasteiger partial charge in [0.15, 0.2) is 5.82 Å². The molecule has 0 radical (unpaired) electrons. The van der Waals surface area contributed by atoms with E-state index in [-0.39, 0.29) is 0 Å². The van der Waals surface area contributed by atoms with Gasteiger partial charge in [0.25, 0.3) is 0 Å². The van der Waals surface area contributed by atoms with Gasteiger partial charge in [-0.1, -0.05) is 15.9 Å². The van der Waals surface area contributed by atoms with Crippen LogP contribution >= 0.6 is 15.9 Å². The molecular weight excluding hydrogens is 318 g/mol. The van der Waals surface area contributed by atoms with Crippen molar-refractivity contribution in [3.63, 3.8) is 0 Å². The summed E-state index contributed by atoms with van der Waals surface area (Å²) in [5.41, 5.74) is 9.43. The van der Waals surface area contributed by atoms with Crippen LogP contribution in [0, 0.1) is 6.92 Å². The summed E-state index contributed by atoms with van der Waals surface area (Å²) in [6.07, 6.45) is 0. The number of aryl methyl sites for hydroxylation is 1. The molecule has 0 bridgehead atoms. The lowest BCUT2D eigenvalue weighted by Gasteiger charge is -2.07. The van der Waals surface area contributed by atoms with E-state index in [0.717, 1.165) is 27.0 Å². The second-order valence-electron chi connectivity index (χ2n) is 4.47. The number of hydrogen-bond donors (Lipinski definition) is 1. The van der Waals surface area contributed by atoms with Gasteiger partial charge in [-0.15, -0.1) is 5.10 Å². The second-order valence-corrected chi connectivity index (χ2v) is 5.38. The molecule has 2 N–H and O–H groups in total. The summed E-state index contributed by atoms with van der Waals surface area (Å²) in [7, 11) is 0. The van der Waals surface area contributed by atoms with Crippen LogP contribution in [-0.4, -0.2) is 20.2 Å². The second kappa shape index (κ2) is 5.05. The number of anilines is 1. The van der Waals surface area contributed by atoms with E-state index in [1.807, 2.05) is 49.4 Å². The molecule has 100 valence electrons. The first-order valence-corrected chi connectivity index (χ1v) is 6.85. The Bertz CT molecular complexity index is 749. The molecule has 6 heteroatoms. The summed E-state index contributed by atoms with van der Waals surface area (Å²) in [6, 6.07) is 13.5. The smallest absolute Gasteiger partial charge is 0.187 e. The zero-order valence-corrected chi connectivity index (χ0v) is 12.4. The van der Waals surface area contributed by atoms with Gasteiger partial charge in [-0.25, -0.2) is 0 Å². The summed E-state index contributed by atoms with van der Waals surface area (Å²) in [5.74, 6) is 0.699. The highest BCUT2D eigenvalue weighted by Crippen LogP contribution is 2.25. The third-order valence-electron chi connectivity index (χ3n) is 3.03. The van der Waals surface area contributed by atoms with E-state index in [0.29, 0.717) is 5.82 Å². The largest absolute Gasteiger partial charge is 0.399 e. The Morgan fingerprint density at radius 3 is 2.55 bits per heavy atom. The Balaban J connectivity index is 2.12. The van der Waals surface area contributed by atoms with E-state index >= 15 is 0 Å². The molecule has 0 saturated carbocycles. The predicted molar refractivity (Wildman–Crippen MR) is 81.4 cm³/mol. The van der Waals surface area contributed by atoms with Crippen molar-refractivity contribution in [3.05, 3.63) is 52.5 Å². The van der Waals surface area contributed by atoms with Gasteiger partial charge in [0.05, 0.1) is 5.69 Å². The van der Waals surface area contributed by atoms with Crippen molar-refractivity contribution >= 4 is 21.6 Å². The number of nitrogens with zero attached hydrogens (tertiary/aromatic N) is 4. The topological polar surface area (TPSA) is 69.6 Å². The van der Waals surface area contributed by atoms with Gasteiger partial charge < -0.3 is 5.73 Å². The van der Waals surface area contributed by atoms with Crippen LogP contribution in [0.3, 0.4) is 0 Å². The molecule has 3 rings (SSSR count). The van der Waals surface area contributed by atoms with Gasteiger partial charge in [-0.2, -0.15) is 4.68 Å². The average Bonchev–Trinajstić information content (AvgIpc) is 2.88. The fourth-order valence-electron chi connectivity index (χ4n) is 2.05. The van der Waals surface area contributed by atoms with Crippen molar-refractivity contribution in [3.8, 4) is 17.1 Å². The first kappa shape index (κ1) is 12.8. The van der Waals surface area contributed by atoms with Crippen molar-refractivity contribution in [2.24, 2.45) is 0 Å². The van der Waals surface area contributed by atoms with Gasteiger partial charge >= 0.3 is 0 Å². The first-order valence-electron chi connectivity index (χ1n) is 6.06. The molecule has 0 amide bonds. The Labute approximate surface area is 124 Å². The summed E-state index contributed by atoms with van der Waals surface area (Å²) < 4.78 is 2.73. The molecule has 3 aromatic rings. The van der Waals surface area contributed by atoms with Crippen LogP contribution < -0.4 is 5.73 Å². The van der Waals surface area contributed by atoms with Crippen molar-refractivity contribution in [1.29, 1.82) is 0 Å². The maximum atomic E-state index is 5.78. The third-order valence-corrected chi connectivity index (χ3v) is 3.56. The van der Waals surface area contributed by atoms with Crippen molar-refractivity contribution in [2.45, 2.75) is 6.92 Å². The van der Waals surface area contributed by atoms with Crippen LogP contribution in [0.15, 0.2) is 46.9 Å². The van der Waals surface area contributed by atoms with Crippen LogP contribution in [0.5, 0.6) is 0 Å². The lowest BCUT2D eigenvalue weighted by atomic mass is 10.1. The summed E-state index contributed by atoms with van der Waals surface area (Å²) in [6.45, 7) is 1.99. The van der Waals surface area contributed by atoms with Crippen LogP contribution in [0.4, 0.5) is 5.69 Å². The molecule has 0 aliphatic carbocycles. The van der Waals surface area contributed by atoms with E-state index in [1.54, 1.807) is 4.68 Å². The van der Waals surface area contributed by atoms with E-state index in [4.69, 9.17) is 5.73 Å². The number of halogens is 1. The molecule has 1 heterocycles. The quantitative estimate of drug-likeness (QED) is 0.734. The van der Waals surface area contributed by atoms with Crippen molar-refractivity contribution in [1.82, 2.24) is 20.2 Å². The molecule has 0 unspecified atom stereocenters. The fraction of sp³-hybridized carbons (Fsp3) is 0.0714. The number of benzene rings is 2. The normalized spacial score (nSPS) is 10.7. The van der Waals surface area contributed by atoms with Crippen LogP contribution in [-0.2, 0) is 0 Å². The van der Waals surface area contributed by atoms with Gasteiger partial charge in [-0.3, -0.25) is 0 Å². The average molecular weight is 330 g/mol. The Hall–Kier alpha value is -2.21. The number of aromatic nitrogens is 4. The van der Waals surface area contributed by atoms with E-state index in [1.165, 1.54) is 0 Å². The molecule has 2 aromatic carbocycles. The Morgan fingerprint density at radius 1 is 1.10 bits per heavy atom. The Kier molecular flexibility index (Phi) is 3.23. The van der Waals surface area contributed by atoms with E-state index in [2.05, 4.69) is 31.5 Å². The highest BCUT2D eigenvalue weighted by molar-refractivity contribution is 9.10. The Morgan fingerprint density at radius 2 is 1.85 bits per heavy atom. The minimum Gasteiger partial charge on any atom is -0.399 e. The lowest BCUT2D eigenvalue weighted by Crippen LogP contribution is -2.01. The minimum atomic E-state index is 0.699. The lowest BCUT2D eigenvalue weighted by molar-refractivity contribution is 0.791. The van der Waals surface area contributed by atoms with Gasteiger partial charge in [-0.05, 0) is 65.4 Å². The molecule has 20 heavy (non-hydrogen) atoms. The first-order chi connectivity index (χ1) is 9.65. The summed E-state index contributed by atoms with van der Waals surface area (Å²) in [5, 5.41) is 12.0. The molecule has 1 aromatic heterocycles. The van der Waals surface area contributed by atoms with Crippen molar-refractivity contribution in [2.75, 3.05) is 5.73 Å².